The Kier molecular flexibility index (Phi) is 4.72. The maximum Gasteiger partial charge on any atom is 0.195 e. The molecule has 0 saturated carbocycles. The van der Waals surface area contributed by atoms with Crippen LogP contribution >= 0.6 is 11.3 Å². The standard InChI is InChI=1S/C23H21NOS/c1-2-3-14-24-20-8-5-4-7-18(20)19-16-17(10-12-21(19)24)11-13-22(25)23-9-6-15-26-23/h4-13,15-16H,2-3,14H2,1H3. The Morgan fingerprint density at radius 2 is 1.88 bits per heavy atom. The van der Waals surface area contributed by atoms with Crippen molar-refractivity contribution in [3.8, 4) is 0 Å². The summed E-state index contributed by atoms with van der Waals surface area (Å²) in [6.07, 6.45) is 5.94. The van der Waals surface area contributed by atoms with E-state index < -0.39 is 0 Å². The van der Waals surface area contributed by atoms with Gasteiger partial charge in [0.2, 0.25) is 0 Å². The van der Waals surface area contributed by atoms with Crippen molar-refractivity contribution in [2.75, 3.05) is 0 Å². The summed E-state index contributed by atoms with van der Waals surface area (Å²) in [6, 6.07) is 18.8. The van der Waals surface area contributed by atoms with Crippen molar-refractivity contribution in [3.63, 3.8) is 0 Å². The molecule has 2 aromatic heterocycles. The molecule has 4 aromatic rings. The molecular formula is C23H21NOS. The van der Waals surface area contributed by atoms with Crippen molar-refractivity contribution in [2.45, 2.75) is 26.3 Å². The zero-order valence-electron chi connectivity index (χ0n) is 14.8. The summed E-state index contributed by atoms with van der Waals surface area (Å²) in [5.41, 5.74) is 3.61. The van der Waals surface area contributed by atoms with E-state index in [1.807, 2.05) is 23.6 Å². The number of allylic oxidation sites excluding steroid dienone is 1. The summed E-state index contributed by atoms with van der Waals surface area (Å²) in [5, 5.41) is 4.46. The fraction of sp³-hybridized carbons (Fsp3) is 0.174. The Bertz CT molecular complexity index is 1090. The lowest BCUT2D eigenvalue weighted by atomic mass is 10.1. The van der Waals surface area contributed by atoms with Gasteiger partial charge in [-0.05, 0) is 47.7 Å². The summed E-state index contributed by atoms with van der Waals surface area (Å²) < 4.78 is 2.42. The number of benzene rings is 2. The number of carbonyl (C=O) groups excluding carboxylic acids is 1. The van der Waals surface area contributed by atoms with E-state index >= 15 is 0 Å². The molecule has 26 heavy (non-hydrogen) atoms. The molecule has 0 N–H and O–H groups in total. The molecule has 0 bridgehead atoms. The van der Waals surface area contributed by atoms with E-state index in [9.17, 15) is 4.79 Å². The van der Waals surface area contributed by atoms with E-state index in [-0.39, 0.29) is 5.78 Å². The molecule has 0 fully saturated rings. The van der Waals surface area contributed by atoms with Crippen LogP contribution in [-0.4, -0.2) is 10.4 Å². The molecule has 0 aliphatic rings. The first-order valence-corrected chi connectivity index (χ1v) is 9.93. The van der Waals surface area contributed by atoms with Crippen LogP contribution in [0.1, 0.15) is 35.0 Å². The number of carbonyl (C=O) groups is 1. The molecule has 3 heteroatoms. The van der Waals surface area contributed by atoms with Crippen LogP contribution in [0.25, 0.3) is 27.9 Å². The maximum absolute atomic E-state index is 12.2. The van der Waals surface area contributed by atoms with Crippen LogP contribution in [0.2, 0.25) is 0 Å². The molecule has 0 unspecified atom stereocenters. The quantitative estimate of drug-likeness (QED) is 0.282. The number of aromatic nitrogens is 1. The number of nitrogens with zero attached hydrogens (tertiary/aromatic N) is 1. The highest BCUT2D eigenvalue weighted by atomic mass is 32.1. The monoisotopic (exact) mass is 359 g/mol. The molecule has 2 heterocycles. The topological polar surface area (TPSA) is 22.0 Å². The van der Waals surface area contributed by atoms with Gasteiger partial charge in [0, 0.05) is 28.4 Å². The van der Waals surface area contributed by atoms with Crippen LogP contribution in [0.15, 0.2) is 66.1 Å². The van der Waals surface area contributed by atoms with Gasteiger partial charge in [-0.1, -0.05) is 49.8 Å². The normalized spacial score (nSPS) is 11.7. The number of hydrogen-bond donors (Lipinski definition) is 0. The SMILES string of the molecule is CCCCn1c2ccccc2c2cc(C=CC(=O)c3cccs3)ccc21. The van der Waals surface area contributed by atoms with Gasteiger partial charge in [0.1, 0.15) is 0 Å². The van der Waals surface area contributed by atoms with E-state index in [4.69, 9.17) is 0 Å². The first-order valence-electron chi connectivity index (χ1n) is 9.05. The molecule has 0 aliphatic carbocycles. The summed E-state index contributed by atoms with van der Waals surface area (Å²) in [6.45, 7) is 3.26. The van der Waals surface area contributed by atoms with Gasteiger partial charge < -0.3 is 4.57 Å². The van der Waals surface area contributed by atoms with Crippen molar-refractivity contribution in [1.29, 1.82) is 0 Å². The number of para-hydroxylation sites is 1. The number of aryl methyl sites for hydroxylation is 1. The minimum atomic E-state index is 0.0606. The molecule has 2 aromatic carbocycles. The number of fused-ring (bicyclic) bond motifs is 3. The Balaban J connectivity index is 1.75. The van der Waals surface area contributed by atoms with Crippen molar-refractivity contribution in [1.82, 2.24) is 4.57 Å². The van der Waals surface area contributed by atoms with Crippen LogP contribution in [0.5, 0.6) is 0 Å². The van der Waals surface area contributed by atoms with Crippen LogP contribution in [0.3, 0.4) is 0 Å². The maximum atomic E-state index is 12.2. The average molecular weight is 359 g/mol. The van der Waals surface area contributed by atoms with Crippen molar-refractivity contribution < 1.29 is 4.79 Å². The van der Waals surface area contributed by atoms with E-state index in [0.717, 1.165) is 17.0 Å². The van der Waals surface area contributed by atoms with Gasteiger partial charge in [0.05, 0.1) is 4.88 Å². The van der Waals surface area contributed by atoms with Crippen LogP contribution in [0, 0.1) is 0 Å². The number of ketones is 1. The summed E-state index contributed by atoms with van der Waals surface area (Å²) in [4.78, 5) is 13.0. The first-order chi connectivity index (χ1) is 12.8. The van der Waals surface area contributed by atoms with E-state index in [1.165, 1.54) is 46.0 Å². The molecule has 0 radical (unpaired) electrons. The number of hydrogen-bond acceptors (Lipinski definition) is 2. The predicted molar refractivity (Wildman–Crippen MR) is 112 cm³/mol. The van der Waals surface area contributed by atoms with Gasteiger partial charge >= 0.3 is 0 Å². The highest BCUT2D eigenvalue weighted by Crippen LogP contribution is 2.30. The van der Waals surface area contributed by atoms with Crippen LogP contribution < -0.4 is 0 Å². The van der Waals surface area contributed by atoms with Gasteiger partial charge in [-0.2, -0.15) is 0 Å². The molecule has 0 aliphatic heterocycles. The second kappa shape index (κ2) is 7.30. The lowest BCUT2D eigenvalue weighted by Crippen LogP contribution is -1.96. The summed E-state index contributed by atoms with van der Waals surface area (Å²) in [7, 11) is 0. The average Bonchev–Trinajstić information content (AvgIpc) is 3.31. The van der Waals surface area contributed by atoms with E-state index in [2.05, 4.69) is 54.0 Å². The largest absolute Gasteiger partial charge is 0.340 e. The number of unbranched alkanes of at least 4 members (excludes halogenated alkanes) is 1. The second-order valence-electron chi connectivity index (χ2n) is 6.47. The number of thiophene rings is 1. The third-order valence-corrected chi connectivity index (χ3v) is 5.61. The van der Waals surface area contributed by atoms with E-state index in [1.54, 1.807) is 6.08 Å². The van der Waals surface area contributed by atoms with Gasteiger partial charge in [-0.3, -0.25) is 4.79 Å². The Morgan fingerprint density at radius 1 is 1.04 bits per heavy atom. The Labute approximate surface area is 157 Å². The molecule has 2 nitrogen and oxygen atoms in total. The lowest BCUT2D eigenvalue weighted by molar-refractivity contribution is 0.105. The lowest BCUT2D eigenvalue weighted by Gasteiger charge is -2.06. The molecule has 4 rings (SSSR count). The zero-order valence-corrected chi connectivity index (χ0v) is 15.6. The predicted octanol–water partition coefficient (Wildman–Crippen LogP) is 6.55. The minimum absolute atomic E-state index is 0.0606. The highest BCUT2D eigenvalue weighted by Gasteiger charge is 2.10. The minimum Gasteiger partial charge on any atom is -0.340 e. The zero-order chi connectivity index (χ0) is 17.9. The van der Waals surface area contributed by atoms with Crippen LogP contribution in [-0.2, 0) is 6.54 Å². The van der Waals surface area contributed by atoms with Crippen molar-refractivity contribution in [3.05, 3.63) is 76.5 Å². The van der Waals surface area contributed by atoms with Crippen LogP contribution in [0.4, 0.5) is 0 Å². The first kappa shape index (κ1) is 16.8. The number of rotatable bonds is 6. The fourth-order valence-electron chi connectivity index (χ4n) is 3.40. The fourth-order valence-corrected chi connectivity index (χ4v) is 4.05. The Morgan fingerprint density at radius 3 is 2.69 bits per heavy atom. The van der Waals surface area contributed by atoms with Gasteiger partial charge in [0.25, 0.3) is 0 Å². The van der Waals surface area contributed by atoms with Gasteiger partial charge in [0.15, 0.2) is 5.78 Å². The molecule has 0 saturated heterocycles. The second-order valence-corrected chi connectivity index (χ2v) is 7.42. The van der Waals surface area contributed by atoms with E-state index in [0.29, 0.717) is 0 Å². The smallest absolute Gasteiger partial charge is 0.195 e. The third kappa shape index (κ3) is 3.11. The molecule has 0 spiro atoms. The van der Waals surface area contributed by atoms with Gasteiger partial charge in [-0.15, -0.1) is 11.3 Å². The van der Waals surface area contributed by atoms with Crippen molar-refractivity contribution in [2.24, 2.45) is 0 Å². The molecule has 0 amide bonds. The van der Waals surface area contributed by atoms with Gasteiger partial charge in [-0.25, -0.2) is 0 Å². The molecule has 0 atom stereocenters. The Hall–Kier alpha value is -2.65. The highest BCUT2D eigenvalue weighted by molar-refractivity contribution is 7.12. The third-order valence-electron chi connectivity index (χ3n) is 4.72. The summed E-state index contributed by atoms with van der Waals surface area (Å²) >= 11 is 1.48. The molecule has 130 valence electrons. The van der Waals surface area contributed by atoms with Crippen molar-refractivity contribution >= 4 is 45.0 Å². The molecular weight excluding hydrogens is 338 g/mol. The summed E-state index contributed by atoms with van der Waals surface area (Å²) in [5.74, 6) is 0.0606.